The van der Waals surface area contributed by atoms with Crippen LogP contribution in [0.2, 0.25) is 0 Å². The average Bonchev–Trinajstić information content (AvgIpc) is 3.18. The maximum absolute atomic E-state index is 14.8. The van der Waals surface area contributed by atoms with Crippen LogP contribution in [0.5, 0.6) is 0 Å². The van der Waals surface area contributed by atoms with Gasteiger partial charge in [-0.3, -0.25) is 14.1 Å². The highest BCUT2D eigenvalue weighted by Gasteiger charge is 2.32. The van der Waals surface area contributed by atoms with Crippen LogP contribution in [0.15, 0.2) is 47.6 Å². The Labute approximate surface area is 189 Å². The van der Waals surface area contributed by atoms with Crippen molar-refractivity contribution in [2.75, 3.05) is 31.2 Å². The molecule has 2 aromatic rings. The molecule has 1 unspecified atom stereocenters. The van der Waals surface area contributed by atoms with Gasteiger partial charge in [0.1, 0.15) is 11.9 Å². The van der Waals surface area contributed by atoms with Crippen molar-refractivity contribution in [3.63, 3.8) is 0 Å². The molecule has 174 valence electrons. The van der Waals surface area contributed by atoms with Crippen LogP contribution in [0.25, 0.3) is 21.6 Å². The summed E-state index contributed by atoms with van der Waals surface area (Å²) in [7, 11) is 0. The Balaban J connectivity index is 1.62. The number of benzene rings is 2. The molecule has 0 aromatic heterocycles. The van der Waals surface area contributed by atoms with Gasteiger partial charge in [0.25, 0.3) is 0 Å². The topological polar surface area (TPSA) is 119 Å². The molecule has 2 aromatic carbocycles. The van der Waals surface area contributed by atoms with Crippen molar-refractivity contribution < 1.29 is 23.1 Å². The lowest BCUT2D eigenvalue weighted by Gasteiger charge is -2.15. The molecule has 0 radical (unpaired) electrons. The number of nitrogens with one attached hydrogen (secondary N) is 2. The van der Waals surface area contributed by atoms with Crippen molar-refractivity contribution in [3.05, 3.63) is 64.3 Å². The second kappa shape index (κ2) is 11.3. The summed E-state index contributed by atoms with van der Waals surface area (Å²) in [4.78, 5) is 27.1. The number of amides is 2. The fourth-order valence-corrected chi connectivity index (χ4v) is 3.39. The van der Waals surface area contributed by atoms with Crippen molar-refractivity contribution >= 4 is 17.7 Å². The number of cyclic esters (lactones) is 1. The number of rotatable bonds is 10. The summed E-state index contributed by atoms with van der Waals surface area (Å²) in [6.07, 6.45) is -1.10. The lowest BCUT2D eigenvalue weighted by Crippen LogP contribution is -2.33. The zero-order chi connectivity index (χ0) is 23.8. The van der Waals surface area contributed by atoms with Gasteiger partial charge in [0.2, 0.25) is 5.91 Å². The van der Waals surface area contributed by atoms with Crippen LogP contribution in [-0.2, 0) is 16.1 Å². The molecule has 1 heterocycles. The quantitative estimate of drug-likeness (QED) is 0.321. The van der Waals surface area contributed by atoms with Gasteiger partial charge in [-0.25, -0.2) is 9.18 Å². The summed E-state index contributed by atoms with van der Waals surface area (Å²) in [5.74, 6) is -0.713. The van der Waals surface area contributed by atoms with E-state index in [4.69, 9.17) is 10.3 Å². The molecule has 11 heteroatoms. The number of carbonyl (C=O) groups excluding carboxylic acids is 2. The first-order valence-corrected chi connectivity index (χ1v) is 10.3. The zero-order valence-corrected chi connectivity index (χ0v) is 18.0. The minimum atomic E-state index is -0.754. The molecule has 1 fully saturated rings. The predicted molar refractivity (Wildman–Crippen MR) is 119 cm³/mol. The second-order valence-electron chi connectivity index (χ2n) is 7.56. The van der Waals surface area contributed by atoms with Crippen molar-refractivity contribution in [1.29, 1.82) is 0 Å². The van der Waals surface area contributed by atoms with E-state index in [1.165, 1.54) is 17.9 Å². The molecule has 0 aliphatic carbocycles. The van der Waals surface area contributed by atoms with Gasteiger partial charge in [-0.2, -0.15) is 0 Å². The van der Waals surface area contributed by atoms with Gasteiger partial charge in [-0.05, 0) is 34.9 Å². The normalized spacial score (nSPS) is 16.2. The third-order valence-electron chi connectivity index (χ3n) is 5.08. The third kappa shape index (κ3) is 6.41. The maximum atomic E-state index is 14.8. The van der Waals surface area contributed by atoms with E-state index in [0.717, 1.165) is 5.56 Å². The van der Waals surface area contributed by atoms with Crippen LogP contribution in [0.4, 0.5) is 19.3 Å². The van der Waals surface area contributed by atoms with Gasteiger partial charge in [-0.15, -0.1) is 0 Å². The Hall–Kier alpha value is -3.69. The molecule has 0 spiro atoms. The number of hydrogen-bond acceptors (Lipinski definition) is 5. The Morgan fingerprint density at radius 2 is 2.09 bits per heavy atom. The molecular formula is C22H24F2N6O3. The lowest BCUT2D eigenvalue weighted by molar-refractivity contribution is -0.119. The monoisotopic (exact) mass is 458 g/mol. The highest BCUT2D eigenvalue weighted by atomic mass is 19.1. The average molecular weight is 458 g/mol. The van der Waals surface area contributed by atoms with Gasteiger partial charge < -0.3 is 15.4 Å². The Morgan fingerprint density at radius 1 is 1.33 bits per heavy atom. The van der Waals surface area contributed by atoms with Crippen LogP contribution in [0, 0.1) is 5.82 Å². The highest BCUT2D eigenvalue weighted by molar-refractivity contribution is 5.90. The first-order chi connectivity index (χ1) is 15.9. The van der Waals surface area contributed by atoms with Gasteiger partial charge >= 0.3 is 6.09 Å². The summed E-state index contributed by atoms with van der Waals surface area (Å²) in [6.45, 7) is 1.69. The number of ether oxygens (including phenoxy) is 1. The minimum Gasteiger partial charge on any atom is -0.442 e. The molecular weight excluding hydrogens is 434 g/mol. The number of anilines is 1. The number of halogens is 2. The minimum absolute atomic E-state index is 0.194. The number of hydrogen-bond donors (Lipinski definition) is 2. The molecule has 0 bridgehead atoms. The molecule has 2 N–H and O–H groups in total. The Kier molecular flexibility index (Phi) is 8.17. The third-order valence-corrected chi connectivity index (χ3v) is 5.08. The van der Waals surface area contributed by atoms with Crippen LogP contribution in [-0.4, -0.2) is 50.5 Å². The second-order valence-corrected chi connectivity index (χ2v) is 7.56. The van der Waals surface area contributed by atoms with E-state index in [2.05, 4.69) is 20.7 Å². The van der Waals surface area contributed by atoms with E-state index < -0.39 is 30.7 Å². The first-order valence-electron chi connectivity index (χ1n) is 10.3. The number of nitrogens with zero attached hydrogens (tertiary/aromatic N) is 4. The van der Waals surface area contributed by atoms with E-state index >= 15 is 0 Å². The van der Waals surface area contributed by atoms with Crippen LogP contribution >= 0.6 is 0 Å². The number of azide groups is 1. The van der Waals surface area contributed by atoms with Crippen molar-refractivity contribution in [2.45, 2.75) is 25.6 Å². The van der Waals surface area contributed by atoms with Crippen molar-refractivity contribution in [2.24, 2.45) is 5.11 Å². The Bertz CT molecular complexity index is 1040. The zero-order valence-electron chi connectivity index (χ0n) is 18.0. The van der Waals surface area contributed by atoms with E-state index in [1.54, 1.807) is 24.3 Å². The number of carbonyl (C=O) groups is 2. The fraction of sp³-hybridized carbons (Fsp3) is 0.364. The summed E-state index contributed by atoms with van der Waals surface area (Å²) in [5.41, 5.74) is 10.7. The molecule has 2 atom stereocenters. The van der Waals surface area contributed by atoms with Crippen LogP contribution in [0.1, 0.15) is 12.5 Å². The van der Waals surface area contributed by atoms with Gasteiger partial charge in [0.15, 0.2) is 0 Å². The molecule has 0 saturated carbocycles. The lowest BCUT2D eigenvalue weighted by atomic mass is 10.0. The van der Waals surface area contributed by atoms with Crippen molar-refractivity contribution in [3.8, 4) is 11.1 Å². The number of alkyl halides is 1. The SMILES string of the molecule is CC(=O)NC[C@H]1CN(c2ccc(-c3ccc(CNCC(CF)N=[N+]=[N-])cc3)c(F)c2)C(=O)O1. The largest absolute Gasteiger partial charge is 0.442 e. The summed E-state index contributed by atoms with van der Waals surface area (Å²) >= 11 is 0. The molecule has 33 heavy (non-hydrogen) atoms. The van der Waals surface area contributed by atoms with Gasteiger partial charge in [0.05, 0.1) is 31.5 Å². The smallest absolute Gasteiger partial charge is 0.414 e. The van der Waals surface area contributed by atoms with Crippen LogP contribution in [0.3, 0.4) is 0 Å². The van der Waals surface area contributed by atoms with Crippen molar-refractivity contribution in [1.82, 2.24) is 10.6 Å². The van der Waals surface area contributed by atoms with Crippen LogP contribution < -0.4 is 15.5 Å². The molecule has 1 aliphatic rings. The predicted octanol–water partition coefficient (Wildman–Crippen LogP) is 3.69. The van der Waals surface area contributed by atoms with Gasteiger partial charge in [-0.1, -0.05) is 29.4 Å². The summed E-state index contributed by atoms with van der Waals surface area (Å²) < 4.78 is 32.8. The molecule has 2 amide bonds. The highest BCUT2D eigenvalue weighted by Crippen LogP contribution is 2.29. The standard InChI is InChI=1S/C22H24F2N6O3/c1-14(31)27-12-19-13-30(22(32)33-19)18-6-7-20(21(24)8-18)16-4-2-15(3-5-16)10-26-11-17(9-23)28-29-25/h2-8,17,19,26H,9-13H2,1H3,(H,27,31)/t17?,19-/m0/s1. The first kappa shape index (κ1) is 24.0. The van der Waals surface area contributed by atoms with E-state index in [1.807, 2.05) is 12.1 Å². The Morgan fingerprint density at radius 3 is 2.73 bits per heavy atom. The molecule has 1 aliphatic heterocycles. The van der Waals surface area contributed by atoms with Gasteiger partial charge in [0, 0.05) is 30.5 Å². The van der Waals surface area contributed by atoms with E-state index in [9.17, 15) is 18.4 Å². The van der Waals surface area contributed by atoms with E-state index in [-0.39, 0.29) is 25.5 Å². The molecule has 9 nitrogen and oxygen atoms in total. The molecule has 1 saturated heterocycles. The molecule has 3 rings (SSSR count). The summed E-state index contributed by atoms with van der Waals surface area (Å²) in [6, 6.07) is 10.9. The summed E-state index contributed by atoms with van der Waals surface area (Å²) in [5, 5.41) is 8.96. The fourth-order valence-electron chi connectivity index (χ4n) is 3.39. The maximum Gasteiger partial charge on any atom is 0.414 e. The van der Waals surface area contributed by atoms with E-state index in [0.29, 0.717) is 23.4 Å².